The van der Waals surface area contributed by atoms with Crippen molar-refractivity contribution >= 4 is 11.3 Å². The van der Waals surface area contributed by atoms with E-state index in [0.717, 1.165) is 16.2 Å². The van der Waals surface area contributed by atoms with Gasteiger partial charge in [-0.1, -0.05) is 12.1 Å². The molecule has 0 bridgehead atoms. The second-order valence-electron chi connectivity index (χ2n) is 3.08. The van der Waals surface area contributed by atoms with Crippen LogP contribution >= 0.6 is 11.3 Å². The first-order valence-corrected chi connectivity index (χ1v) is 5.39. The van der Waals surface area contributed by atoms with Crippen LogP contribution in [0.5, 0.6) is 5.75 Å². The van der Waals surface area contributed by atoms with E-state index in [4.69, 9.17) is 4.74 Å². The Morgan fingerprint density at radius 2 is 2.07 bits per heavy atom. The number of rotatable bonds is 3. The van der Waals surface area contributed by atoms with Crippen LogP contribution in [-0.2, 0) is 0 Å². The summed E-state index contributed by atoms with van der Waals surface area (Å²) in [6, 6.07) is 7.37. The summed E-state index contributed by atoms with van der Waals surface area (Å²) in [5.74, 6) is 0.787. The quantitative estimate of drug-likeness (QED) is 0.864. The highest BCUT2D eigenvalue weighted by Gasteiger charge is 2.11. The molecule has 4 heteroatoms. The van der Waals surface area contributed by atoms with Gasteiger partial charge < -0.3 is 9.84 Å². The zero-order chi connectivity index (χ0) is 10.7. The lowest BCUT2D eigenvalue weighted by Gasteiger charge is -2.08. The lowest BCUT2D eigenvalue weighted by atomic mass is 10.1. The molecule has 1 atom stereocenters. The number of benzene rings is 1. The monoisotopic (exact) mass is 221 g/mol. The minimum absolute atomic E-state index is 0.594. The van der Waals surface area contributed by atoms with Gasteiger partial charge >= 0.3 is 0 Å². The van der Waals surface area contributed by atoms with Gasteiger partial charge in [0.15, 0.2) is 0 Å². The summed E-state index contributed by atoms with van der Waals surface area (Å²) in [7, 11) is 1.62. The van der Waals surface area contributed by atoms with Crippen LogP contribution in [0.3, 0.4) is 0 Å². The van der Waals surface area contributed by atoms with Gasteiger partial charge in [0.25, 0.3) is 0 Å². The Balaban J connectivity index is 2.22. The van der Waals surface area contributed by atoms with Gasteiger partial charge in [0.05, 0.1) is 17.5 Å². The normalized spacial score (nSPS) is 12.4. The Hall–Kier alpha value is -1.39. The third-order valence-electron chi connectivity index (χ3n) is 2.15. The molecule has 1 aromatic carbocycles. The Labute approximate surface area is 92.0 Å². The highest BCUT2D eigenvalue weighted by molar-refractivity contribution is 7.09. The molecule has 0 aliphatic heterocycles. The molecule has 3 nitrogen and oxygen atoms in total. The highest BCUT2D eigenvalue weighted by Crippen LogP contribution is 2.25. The van der Waals surface area contributed by atoms with Crippen molar-refractivity contribution in [3.63, 3.8) is 0 Å². The van der Waals surface area contributed by atoms with Gasteiger partial charge in [-0.3, -0.25) is 4.98 Å². The summed E-state index contributed by atoms with van der Waals surface area (Å²) in [5.41, 5.74) is 2.56. The van der Waals surface area contributed by atoms with E-state index in [1.54, 1.807) is 18.8 Å². The molecule has 0 aliphatic carbocycles. The summed E-state index contributed by atoms with van der Waals surface area (Å²) in [5, 5.41) is 9.97. The third-order valence-corrected chi connectivity index (χ3v) is 2.98. The molecule has 0 saturated carbocycles. The zero-order valence-electron chi connectivity index (χ0n) is 8.25. The SMILES string of the molecule is COc1ccc(C(O)c2cncs2)cc1. The maximum atomic E-state index is 9.97. The number of aliphatic hydroxyl groups is 1. The number of hydrogen-bond acceptors (Lipinski definition) is 4. The molecular formula is C11H11NO2S. The molecule has 0 fully saturated rings. The molecule has 1 N–H and O–H groups in total. The van der Waals surface area contributed by atoms with E-state index in [2.05, 4.69) is 4.98 Å². The number of methoxy groups -OCH3 is 1. The largest absolute Gasteiger partial charge is 0.497 e. The topological polar surface area (TPSA) is 42.4 Å². The fourth-order valence-corrected chi connectivity index (χ4v) is 1.94. The van der Waals surface area contributed by atoms with Gasteiger partial charge in [-0.2, -0.15) is 0 Å². The number of hydrogen-bond donors (Lipinski definition) is 1. The van der Waals surface area contributed by atoms with Crippen LogP contribution in [0.2, 0.25) is 0 Å². The van der Waals surface area contributed by atoms with Crippen molar-refractivity contribution in [3.05, 3.63) is 46.4 Å². The standard InChI is InChI=1S/C11H11NO2S/c1-14-9-4-2-8(3-5-9)11(13)10-6-12-7-15-10/h2-7,11,13H,1H3. The van der Waals surface area contributed by atoms with Gasteiger partial charge in [-0.05, 0) is 17.7 Å². The molecule has 2 rings (SSSR count). The predicted octanol–water partition coefficient (Wildman–Crippen LogP) is 2.23. The highest BCUT2D eigenvalue weighted by atomic mass is 32.1. The van der Waals surface area contributed by atoms with Crippen LogP contribution in [0.25, 0.3) is 0 Å². The number of aliphatic hydroxyl groups excluding tert-OH is 1. The van der Waals surface area contributed by atoms with E-state index in [0.29, 0.717) is 0 Å². The number of aromatic nitrogens is 1. The van der Waals surface area contributed by atoms with Gasteiger partial charge in [-0.15, -0.1) is 11.3 Å². The van der Waals surface area contributed by atoms with E-state index in [9.17, 15) is 5.11 Å². The molecule has 0 radical (unpaired) electrons. The summed E-state index contributed by atoms with van der Waals surface area (Å²) >= 11 is 1.44. The van der Waals surface area contributed by atoms with Crippen molar-refractivity contribution in [2.75, 3.05) is 7.11 Å². The summed E-state index contributed by atoms with van der Waals surface area (Å²) in [6.45, 7) is 0. The minimum atomic E-state index is -0.594. The molecule has 1 aromatic heterocycles. The molecule has 0 amide bonds. The molecule has 1 unspecified atom stereocenters. The van der Waals surface area contributed by atoms with Crippen LogP contribution in [0.15, 0.2) is 36.0 Å². The zero-order valence-corrected chi connectivity index (χ0v) is 9.07. The number of thiazole rings is 1. The maximum Gasteiger partial charge on any atom is 0.118 e. The first kappa shape index (κ1) is 10.1. The third kappa shape index (κ3) is 2.16. The fraction of sp³-hybridized carbons (Fsp3) is 0.182. The Morgan fingerprint density at radius 1 is 1.33 bits per heavy atom. The van der Waals surface area contributed by atoms with Gasteiger partial charge in [0, 0.05) is 6.20 Å². The summed E-state index contributed by atoms with van der Waals surface area (Å²) in [6.07, 6.45) is 1.09. The Bertz CT molecular complexity index is 411. The van der Waals surface area contributed by atoms with E-state index < -0.39 is 6.10 Å². The first-order chi connectivity index (χ1) is 7.31. The van der Waals surface area contributed by atoms with Crippen LogP contribution < -0.4 is 4.74 Å². The van der Waals surface area contributed by atoms with Gasteiger partial charge in [-0.25, -0.2) is 0 Å². The van der Waals surface area contributed by atoms with Crippen LogP contribution in [0, 0.1) is 0 Å². The maximum absolute atomic E-state index is 9.97. The van der Waals surface area contributed by atoms with E-state index >= 15 is 0 Å². The first-order valence-electron chi connectivity index (χ1n) is 4.51. The minimum Gasteiger partial charge on any atom is -0.497 e. The summed E-state index contributed by atoms with van der Waals surface area (Å²) in [4.78, 5) is 4.78. The molecule has 2 aromatic rings. The van der Waals surface area contributed by atoms with Crippen molar-refractivity contribution < 1.29 is 9.84 Å². The average Bonchev–Trinajstić information content (AvgIpc) is 2.82. The van der Waals surface area contributed by atoms with Crippen molar-refractivity contribution in [1.82, 2.24) is 4.98 Å². The van der Waals surface area contributed by atoms with E-state index in [1.165, 1.54) is 11.3 Å². The van der Waals surface area contributed by atoms with Crippen LogP contribution in [0.4, 0.5) is 0 Å². The summed E-state index contributed by atoms with van der Waals surface area (Å²) < 4.78 is 5.05. The molecule has 0 spiro atoms. The van der Waals surface area contributed by atoms with Gasteiger partial charge in [0.1, 0.15) is 11.9 Å². The predicted molar refractivity (Wildman–Crippen MR) is 59.2 cm³/mol. The van der Waals surface area contributed by atoms with E-state index in [1.807, 2.05) is 24.3 Å². The molecule has 1 heterocycles. The van der Waals surface area contributed by atoms with E-state index in [-0.39, 0.29) is 0 Å². The van der Waals surface area contributed by atoms with Crippen LogP contribution in [-0.4, -0.2) is 17.2 Å². The average molecular weight is 221 g/mol. The van der Waals surface area contributed by atoms with Crippen LogP contribution in [0.1, 0.15) is 16.5 Å². The second kappa shape index (κ2) is 4.42. The Kier molecular flexibility index (Phi) is 2.99. The van der Waals surface area contributed by atoms with Gasteiger partial charge in [0.2, 0.25) is 0 Å². The van der Waals surface area contributed by atoms with Crippen molar-refractivity contribution in [2.24, 2.45) is 0 Å². The molecule has 15 heavy (non-hydrogen) atoms. The number of nitrogens with zero attached hydrogens (tertiary/aromatic N) is 1. The lowest BCUT2D eigenvalue weighted by Crippen LogP contribution is -1.96. The molecule has 78 valence electrons. The fourth-order valence-electron chi connectivity index (χ4n) is 1.31. The lowest BCUT2D eigenvalue weighted by molar-refractivity contribution is 0.224. The van der Waals surface area contributed by atoms with Crippen molar-refractivity contribution in [1.29, 1.82) is 0 Å². The molecule has 0 saturated heterocycles. The smallest absolute Gasteiger partial charge is 0.118 e. The second-order valence-corrected chi connectivity index (χ2v) is 4.00. The molecular weight excluding hydrogens is 210 g/mol. The van der Waals surface area contributed by atoms with Crippen molar-refractivity contribution in [3.8, 4) is 5.75 Å². The number of ether oxygens (including phenoxy) is 1. The van der Waals surface area contributed by atoms with Crippen molar-refractivity contribution in [2.45, 2.75) is 6.10 Å². The Morgan fingerprint density at radius 3 is 2.60 bits per heavy atom. The molecule has 0 aliphatic rings.